The maximum atomic E-state index is 13.1. The molecule has 27 heavy (non-hydrogen) atoms. The first-order chi connectivity index (χ1) is 13.0. The van der Waals surface area contributed by atoms with Gasteiger partial charge in [-0.2, -0.15) is 0 Å². The lowest BCUT2D eigenvalue weighted by Crippen LogP contribution is -2.43. The van der Waals surface area contributed by atoms with Crippen LogP contribution in [0.2, 0.25) is 0 Å². The molecule has 142 valence electrons. The lowest BCUT2D eigenvalue weighted by molar-refractivity contribution is -0.142. The van der Waals surface area contributed by atoms with E-state index in [0.717, 1.165) is 30.7 Å². The fourth-order valence-corrected chi connectivity index (χ4v) is 4.46. The lowest BCUT2D eigenvalue weighted by atomic mass is 9.94. The molecule has 1 aliphatic carbocycles. The van der Waals surface area contributed by atoms with E-state index in [1.54, 1.807) is 30.8 Å². The van der Waals surface area contributed by atoms with Gasteiger partial charge < -0.3 is 14.7 Å². The van der Waals surface area contributed by atoms with E-state index in [-0.39, 0.29) is 23.4 Å². The molecule has 2 heterocycles. The molecule has 3 unspecified atom stereocenters. The maximum Gasteiger partial charge on any atom is 0.326 e. The number of methoxy groups -OCH3 is 1. The summed E-state index contributed by atoms with van der Waals surface area (Å²) in [6.07, 6.45) is 2.88. The summed E-state index contributed by atoms with van der Waals surface area (Å²) in [4.78, 5) is 26.4. The zero-order valence-corrected chi connectivity index (χ0v) is 15.3. The Balaban J connectivity index is 1.62. The minimum absolute atomic E-state index is 0.0448. The highest BCUT2D eigenvalue weighted by molar-refractivity contribution is 5.96. The summed E-state index contributed by atoms with van der Waals surface area (Å²) >= 11 is 0. The Hall–Kier alpha value is -2.90. The summed E-state index contributed by atoms with van der Waals surface area (Å²) in [7, 11) is 1.59. The molecule has 1 aliphatic heterocycles. The number of carboxylic acid groups (broad SMARTS) is 1. The average Bonchev–Trinajstić information content (AvgIpc) is 3.35. The Labute approximate surface area is 156 Å². The number of likely N-dealkylation sites (tertiary alicyclic amines) is 1. The minimum atomic E-state index is -0.932. The minimum Gasteiger partial charge on any atom is -0.497 e. The molecule has 1 saturated heterocycles. The van der Waals surface area contributed by atoms with E-state index in [9.17, 15) is 14.7 Å². The maximum absolute atomic E-state index is 13.1. The molecule has 1 N–H and O–H groups in total. The van der Waals surface area contributed by atoms with E-state index in [4.69, 9.17) is 4.74 Å². The van der Waals surface area contributed by atoms with Crippen LogP contribution in [0.1, 0.15) is 35.4 Å². The standard InChI is InChI=1S/C19H22N4O4/c1-11-16(20-21-23(11)13-6-8-14(27-2)9-7-13)18(24)22-10-12-4-3-5-15(12)17(22)19(25)26/h6-9,12,15,17H,3-5,10H2,1-2H3,(H,25,26). The van der Waals surface area contributed by atoms with Crippen molar-refractivity contribution < 1.29 is 19.4 Å². The van der Waals surface area contributed by atoms with Gasteiger partial charge in [-0.15, -0.1) is 5.10 Å². The molecule has 0 bridgehead atoms. The molecule has 2 aliphatic rings. The Bertz CT molecular complexity index is 876. The Kier molecular flexibility index (Phi) is 4.33. The Morgan fingerprint density at radius 3 is 2.63 bits per heavy atom. The van der Waals surface area contributed by atoms with Gasteiger partial charge in [0.15, 0.2) is 5.69 Å². The predicted octanol–water partition coefficient (Wildman–Crippen LogP) is 1.91. The van der Waals surface area contributed by atoms with Gasteiger partial charge in [0.05, 0.1) is 18.5 Å². The first-order valence-corrected chi connectivity index (χ1v) is 9.11. The number of hydrogen-bond donors (Lipinski definition) is 1. The molecule has 3 atom stereocenters. The molecular formula is C19H22N4O4. The van der Waals surface area contributed by atoms with Crippen molar-refractivity contribution in [3.05, 3.63) is 35.7 Å². The molecule has 1 aromatic carbocycles. The second kappa shape index (κ2) is 6.68. The van der Waals surface area contributed by atoms with Crippen LogP contribution in [-0.2, 0) is 4.79 Å². The number of carbonyl (C=O) groups is 2. The molecule has 2 aromatic rings. The molecule has 8 nitrogen and oxygen atoms in total. The van der Waals surface area contributed by atoms with Gasteiger partial charge in [0.25, 0.3) is 5.91 Å². The Morgan fingerprint density at radius 1 is 1.22 bits per heavy atom. The fourth-order valence-electron chi connectivity index (χ4n) is 4.46. The third kappa shape index (κ3) is 2.85. The molecule has 1 amide bonds. The largest absolute Gasteiger partial charge is 0.497 e. The summed E-state index contributed by atoms with van der Waals surface area (Å²) < 4.78 is 6.74. The van der Waals surface area contributed by atoms with Crippen molar-refractivity contribution in [1.29, 1.82) is 0 Å². The fraction of sp³-hybridized carbons (Fsp3) is 0.474. The number of benzene rings is 1. The van der Waals surface area contributed by atoms with Crippen LogP contribution >= 0.6 is 0 Å². The lowest BCUT2D eigenvalue weighted by Gasteiger charge is -2.23. The van der Waals surface area contributed by atoms with Crippen LogP contribution in [0.3, 0.4) is 0 Å². The van der Waals surface area contributed by atoms with Crippen LogP contribution in [0.5, 0.6) is 5.75 Å². The number of aliphatic carboxylic acids is 1. The molecule has 1 saturated carbocycles. The molecule has 2 fully saturated rings. The topological polar surface area (TPSA) is 97.5 Å². The van der Waals surface area contributed by atoms with Crippen molar-refractivity contribution in [2.24, 2.45) is 11.8 Å². The van der Waals surface area contributed by atoms with Crippen LogP contribution < -0.4 is 4.74 Å². The van der Waals surface area contributed by atoms with E-state index in [0.29, 0.717) is 12.2 Å². The normalized spacial score (nSPS) is 24.1. The van der Waals surface area contributed by atoms with E-state index >= 15 is 0 Å². The van der Waals surface area contributed by atoms with Gasteiger partial charge >= 0.3 is 5.97 Å². The summed E-state index contributed by atoms with van der Waals surface area (Å²) in [6.45, 7) is 2.25. The van der Waals surface area contributed by atoms with Crippen molar-refractivity contribution in [2.45, 2.75) is 32.2 Å². The van der Waals surface area contributed by atoms with Gasteiger partial charge in [-0.1, -0.05) is 11.6 Å². The smallest absolute Gasteiger partial charge is 0.326 e. The number of rotatable bonds is 4. The summed E-state index contributed by atoms with van der Waals surface area (Å²) in [6, 6.07) is 6.50. The number of nitrogens with zero attached hydrogens (tertiary/aromatic N) is 4. The number of fused-ring (bicyclic) bond motifs is 1. The van der Waals surface area contributed by atoms with E-state index in [2.05, 4.69) is 10.3 Å². The molecule has 4 rings (SSSR count). The first-order valence-electron chi connectivity index (χ1n) is 9.11. The summed E-state index contributed by atoms with van der Waals surface area (Å²) in [5, 5.41) is 17.9. The predicted molar refractivity (Wildman–Crippen MR) is 95.9 cm³/mol. The van der Waals surface area contributed by atoms with Crippen molar-refractivity contribution in [1.82, 2.24) is 19.9 Å². The van der Waals surface area contributed by atoms with Gasteiger partial charge in [0, 0.05) is 6.54 Å². The van der Waals surface area contributed by atoms with Crippen molar-refractivity contribution in [3.63, 3.8) is 0 Å². The Morgan fingerprint density at radius 2 is 1.96 bits per heavy atom. The zero-order valence-electron chi connectivity index (χ0n) is 15.3. The number of ether oxygens (including phenoxy) is 1. The van der Waals surface area contributed by atoms with Gasteiger partial charge in [-0.05, 0) is 55.9 Å². The quantitative estimate of drug-likeness (QED) is 0.883. The van der Waals surface area contributed by atoms with Crippen LogP contribution in [0.15, 0.2) is 24.3 Å². The first kappa shape index (κ1) is 17.5. The number of carboxylic acids is 1. The van der Waals surface area contributed by atoms with Crippen LogP contribution in [-0.4, -0.2) is 56.6 Å². The third-order valence-electron chi connectivity index (χ3n) is 5.82. The molecule has 0 spiro atoms. The average molecular weight is 370 g/mol. The van der Waals surface area contributed by atoms with Crippen LogP contribution in [0.4, 0.5) is 0 Å². The second-order valence-corrected chi connectivity index (χ2v) is 7.23. The van der Waals surface area contributed by atoms with Crippen LogP contribution in [0.25, 0.3) is 5.69 Å². The molecule has 0 radical (unpaired) electrons. The number of carbonyl (C=O) groups excluding carboxylic acids is 1. The van der Waals surface area contributed by atoms with Gasteiger partial charge in [-0.25, -0.2) is 9.48 Å². The van der Waals surface area contributed by atoms with Crippen molar-refractivity contribution in [3.8, 4) is 11.4 Å². The highest BCUT2D eigenvalue weighted by atomic mass is 16.5. The van der Waals surface area contributed by atoms with Crippen molar-refractivity contribution in [2.75, 3.05) is 13.7 Å². The summed E-state index contributed by atoms with van der Waals surface area (Å²) in [5.41, 5.74) is 1.55. The van der Waals surface area contributed by atoms with Crippen LogP contribution in [0, 0.1) is 18.8 Å². The third-order valence-corrected chi connectivity index (χ3v) is 5.82. The van der Waals surface area contributed by atoms with Crippen molar-refractivity contribution >= 4 is 11.9 Å². The molecular weight excluding hydrogens is 348 g/mol. The van der Waals surface area contributed by atoms with E-state index < -0.39 is 12.0 Å². The molecule has 1 aromatic heterocycles. The number of hydrogen-bond acceptors (Lipinski definition) is 5. The van der Waals surface area contributed by atoms with E-state index in [1.165, 1.54) is 4.90 Å². The highest BCUT2D eigenvalue weighted by Gasteiger charge is 2.50. The molecule has 8 heteroatoms. The monoisotopic (exact) mass is 370 g/mol. The van der Waals surface area contributed by atoms with Gasteiger partial charge in [0.1, 0.15) is 11.8 Å². The van der Waals surface area contributed by atoms with E-state index in [1.807, 2.05) is 12.1 Å². The second-order valence-electron chi connectivity index (χ2n) is 7.23. The zero-order chi connectivity index (χ0) is 19.1. The van der Waals surface area contributed by atoms with Gasteiger partial charge in [0.2, 0.25) is 0 Å². The summed E-state index contributed by atoms with van der Waals surface area (Å²) in [5.74, 6) is -0.247. The SMILES string of the molecule is COc1ccc(-n2nnc(C(=O)N3CC4CCCC4C3C(=O)O)c2C)cc1. The number of aromatic nitrogens is 3. The number of amides is 1. The highest BCUT2D eigenvalue weighted by Crippen LogP contribution is 2.42. The van der Waals surface area contributed by atoms with Gasteiger partial charge in [-0.3, -0.25) is 4.79 Å².